The van der Waals surface area contributed by atoms with Crippen LogP contribution >= 0.6 is 0 Å². The maximum atomic E-state index is 6.27. The zero-order valence-corrected chi connectivity index (χ0v) is 11.9. The summed E-state index contributed by atoms with van der Waals surface area (Å²) in [5, 5.41) is 0. The van der Waals surface area contributed by atoms with Crippen LogP contribution in [-0.2, 0) is 19.4 Å². The zero-order valence-electron chi connectivity index (χ0n) is 11.9. The van der Waals surface area contributed by atoms with Crippen molar-refractivity contribution in [2.45, 2.75) is 46.1 Å². The maximum absolute atomic E-state index is 6.27. The summed E-state index contributed by atoms with van der Waals surface area (Å²) in [5.74, 6) is 1.96. The number of rotatable bonds is 6. The highest BCUT2D eigenvalue weighted by molar-refractivity contribution is 5.39. The summed E-state index contributed by atoms with van der Waals surface area (Å²) < 4.78 is 2.17. The quantitative estimate of drug-likeness (QED) is 0.861. The molecular weight excluding hydrogens is 234 g/mol. The van der Waals surface area contributed by atoms with Gasteiger partial charge in [-0.15, -0.1) is 0 Å². The van der Waals surface area contributed by atoms with E-state index in [0.717, 1.165) is 49.6 Å². The van der Waals surface area contributed by atoms with E-state index in [1.807, 2.05) is 6.07 Å². The number of imidazole rings is 1. The fourth-order valence-electron chi connectivity index (χ4n) is 2.35. The number of nitrogen functional groups attached to an aromatic ring is 1. The summed E-state index contributed by atoms with van der Waals surface area (Å²) in [6.45, 7) is 5.16. The lowest BCUT2D eigenvalue weighted by molar-refractivity contribution is 0.711. The first-order valence-electron chi connectivity index (χ1n) is 7.13. The normalized spacial score (nSPS) is 10.8. The Kier molecular flexibility index (Phi) is 4.61. The molecule has 1 heterocycles. The van der Waals surface area contributed by atoms with Crippen molar-refractivity contribution in [3.05, 3.63) is 47.4 Å². The highest BCUT2D eigenvalue weighted by Gasteiger charge is 2.13. The average Bonchev–Trinajstić information content (AvgIpc) is 2.70. The smallest absolute Gasteiger partial charge is 0.127 e. The van der Waals surface area contributed by atoms with Gasteiger partial charge in [-0.3, -0.25) is 0 Å². The van der Waals surface area contributed by atoms with Gasteiger partial charge >= 0.3 is 0 Å². The molecule has 2 N–H and O–H groups in total. The molecule has 3 nitrogen and oxygen atoms in total. The van der Waals surface area contributed by atoms with Gasteiger partial charge in [0.25, 0.3) is 0 Å². The van der Waals surface area contributed by atoms with Crippen molar-refractivity contribution < 1.29 is 0 Å². The lowest BCUT2D eigenvalue weighted by Crippen LogP contribution is -2.08. The number of aryl methyl sites for hydroxylation is 2. The van der Waals surface area contributed by atoms with E-state index in [1.54, 1.807) is 0 Å². The third kappa shape index (κ3) is 3.16. The highest BCUT2D eigenvalue weighted by atomic mass is 15.1. The third-order valence-electron chi connectivity index (χ3n) is 3.31. The number of benzene rings is 1. The van der Waals surface area contributed by atoms with E-state index in [2.05, 4.69) is 42.7 Å². The maximum Gasteiger partial charge on any atom is 0.127 e. The third-order valence-corrected chi connectivity index (χ3v) is 3.31. The molecule has 0 bridgehead atoms. The summed E-state index contributed by atoms with van der Waals surface area (Å²) in [6.07, 6.45) is 4.13. The predicted molar refractivity (Wildman–Crippen MR) is 80.2 cm³/mol. The minimum Gasteiger partial charge on any atom is -0.384 e. The van der Waals surface area contributed by atoms with Crippen molar-refractivity contribution >= 4 is 5.82 Å². The molecule has 0 aliphatic heterocycles. The molecular formula is C16H23N3. The standard InChI is InChI=1S/C16H23N3/c1-3-8-14-16(17)19(15(18-14)9-4-2)12-13-10-6-5-7-11-13/h5-7,10-11H,3-4,8-9,12,17H2,1-2H3. The van der Waals surface area contributed by atoms with Gasteiger partial charge in [0, 0.05) is 6.42 Å². The van der Waals surface area contributed by atoms with E-state index in [1.165, 1.54) is 5.56 Å². The molecule has 0 saturated carbocycles. The second-order valence-corrected chi connectivity index (χ2v) is 4.93. The molecule has 0 unspecified atom stereocenters. The Morgan fingerprint density at radius 2 is 1.74 bits per heavy atom. The minimum absolute atomic E-state index is 0.818. The van der Waals surface area contributed by atoms with Gasteiger partial charge in [0.2, 0.25) is 0 Å². The second-order valence-electron chi connectivity index (χ2n) is 4.93. The summed E-state index contributed by atoms with van der Waals surface area (Å²) in [7, 11) is 0. The Bertz CT molecular complexity index is 514. The lowest BCUT2D eigenvalue weighted by atomic mass is 10.2. The van der Waals surface area contributed by atoms with E-state index in [-0.39, 0.29) is 0 Å². The van der Waals surface area contributed by atoms with Gasteiger partial charge in [-0.2, -0.15) is 0 Å². The van der Waals surface area contributed by atoms with Crippen LogP contribution in [0.1, 0.15) is 43.8 Å². The van der Waals surface area contributed by atoms with Crippen molar-refractivity contribution in [2.75, 3.05) is 5.73 Å². The van der Waals surface area contributed by atoms with E-state index in [4.69, 9.17) is 10.7 Å². The van der Waals surface area contributed by atoms with Gasteiger partial charge in [-0.1, -0.05) is 50.6 Å². The van der Waals surface area contributed by atoms with Crippen LogP contribution in [0.2, 0.25) is 0 Å². The van der Waals surface area contributed by atoms with Crippen LogP contribution in [0, 0.1) is 0 Å². The number of nitrogens with two attached hydrogens (primary N) is 1. The van der Waals surface area contributed by atoms with Crippen LogP contribution in [0.25, 0.3) is 0 Å². The van der Waals surface area contributed by atoms with Crippen LogP contribution in [0.4, 0.5) is 5.82 Å². The molecule has 3 heteroatoms. The molecule has 1 aromatic heterocycles. The fraction of sp³-hybridized carbons (Fsp3) is 0.438. The van der Waals surface area contributed by atoms with Crippen LogP contribution < -0.4 is 5.73 Å². The molecule has 2 rings (SSSR count). The van der Waals surface area contributed by atoms with E-state index in [9.17, 15) is 0 Å². The van der Waals surface area contributed by atoms with Gasteiger partial charge in [-0.05, 0) is 18.4 Å². The molecule has 1 aromatic carbocycles. The van der Waals surface area contributed by atoms with E-state index < -0.39 is 0 Å². The van der Waals surface area contributed by atoms with Crippen molar-refractivity contribution in [3.8, 4) is 0 Å². The molecule has 0 radical (unpaired) electrons. The first-order valence-corrected chi connectivity index (χ1v) is 7.13. The Balaban J connectivity index is 2.31. The molecule has 19 heavy (non-hydrogen) atoms. The lowest BCUT2D eigenvalue weighted by Gasteiger charge is -2.09. The largest absolute Gasteiger partial charge is 0.384 e. The number of anilines is 1. The van der Waals surface area contributed by atoms with E-state index in [0.29, 0.717) is 0 Å². The average molecular weight is 257 g/mol. The Hall–Kier alpha value is -1.77. The summed E-state index contributed by atoms with van der Waals surface area (Å²) in [6, 6.07) is 10.4. The van der Waals surface area contributed by atoms with Gasteiger partial charge in [0.05, 0.1) is 12.2 Å². The van der Waals surface area contributed by atoms with Crippen molar-refractivity contribution in [1.82, 2.24) is 9.55 Å². The van der Waals surface area contributed by atoms with Crippen molar-refractivity contribution in [3.63, 3.8) is 0 Å². The molecule has 0 aliphatic carbocycles. The van der Waals surface area contributed by atoms with E-state index >= 15 is 0 Å². The van der Waals surface area contributed by atoms with Crippen LogP contribution in [-0.4, -0.2) is 9.55 Å². The SMILES string of the molecule is CCCc1nc(CCC)n(Cc2ccccc2)c1N. The zero-order chi connectivity index (χ0) is 13.7. The molecule has 0 aliphatic rings. The Labute approximate surface area is 115 Å². The second kappa shape index (κ2) is 6.41. The summed E-state index contributed by atoms with van der Waals surface area (Å²) >= 11 is 0. The minimum atomic E-state index is 0.818. The van der Waals surface area contributed by atoms with Crippen LogP contribution in [0.15, 0.2) is 30.3 Å². The van der Waals surface area contributed by atoms with Crippen molar-refractivity contribution in [2.24, 2.45) is 0 Å². The first-order chi connectivity index (χ1) is 9.26. The molecule has 2 aromatic rings. The number of hydrogen-bond acceptors (Lipinski definition) is 2. The first kappa shape index (κ1) is 13.7. The van der Waals surface area contributed by atoms with Gasteiger partial charge in [0.1, 0.15) is 11.6 Å². The summed E-state index contributed by atoms with van der Waals surface area (Å²) in [4.78, 5) is 4.72. The predicted octanol–water partition coefficient (Wildman–Crippen LogP) is 3.42. The number of nitrogens with zero attached hydrogens (tertiary/aromatic N) is 2. The topological polar surface area (TPSA) is 43.8 Å². The number of aromatic nitrogens is 2. The Morgan fingerprint density at radius 1 is 1.05 bits per heavy atom. The molecule has 0 saturated heterocycles. The van der Waals surface area contributed by atoms with Gasteiger partial charge < -0.3 is 10.3 Å². The van der Waals surface area contributed by atoms with Crippen molar-refractivity contribution in [1.29, 1.82) is 0 Å². The summed E-state index contributed by atoms with van der Waals surface area (Å²) in [5.41, 5.74) is 8.60. The molecule has 0 fully saturated rings. The van der Waals surface area contributed by atoms with Gasteiger partial charge in [-0.25, -0.2) is 4.98 Å². The van der Waals surface area contributed by atoms with Gasteiger partial charge in [0.15, 0.2) is 0 Å². The number of hydrogen-bond donors (Lipinski definition) is 1. The molecule has 0 atom stereocenters. The monoisotopic (exact) mass is 257 g/mol. The van der Waals surface area contributed by atoms with Crippen LogP contribution in [0.5, 0.6) is 0 Å². The molecule has 0 amide bonds. The molecule has 102 valence electrons. The highest BCUT2D eigenvalue weighted by Crippen LogP contribution is 2.19. The van der Waals surface area contributed by atoms with Crippen LogP contribution in [0.3, 0.4) is 0 Å². The molecule has 0 spiro atoms. The fourth-order valence-corrected chi connectivity index (χ4v) is 2.35. The Morgan fingerprint density at radius 3 is 2.37 bits per heavy atom.